The number of hydrogen-bond donors (Lipinski definition) is 1. The first-order chi connectivity index (χ1) is 9.92. The Hall–Kier alpha value is -0.613. The van der Waals surface area contributed by atoms with Crippen molar-refractivity contribution in [2.24, 2.45) is 11.8 Å². The third-order valence-corrected chi connectivity index (χ3v) is 9.86. The van der Waals surface area contributed by atoms with Crippen LogP contribution in [0.3, 0.4) is 0 Å². The van der Waals surface area contributed by atoms with Crippen LogP contribution >= 0.6 is 0 Å². The number of carbonyl (C=O) groups excluding carboxylic acids is 1. The molecule has 0 aromatic rings. The van der Waals surface area contributed by atoms with Gasteiger partial charge >= 0.3 is 0 Å². The number of likely N-dealkylation sites (N-methyl/N-ethyl adjacent to an activating group) is 1. The van der Waals surface area contributed by atoms with Crippen LogP contribution in [0.15, 0.2) is 11.1 Å². The van der Waals surface area contributed by atoms with Gasteiger partial charge in [-0.25, -0.2) is 0 Å². The number of nitrogens with one attached hydrogen (secondary N) is 1. The fraction of sp³-hybridized carbons (Fsp3) is 0.833. The molecule has 1 N–H and O–H groups in total. The molecule has 0 heterocycles. The van der Waals surface area contributed by atoms with Gasteiger partial charge in [-0.2, -0.15) is 0 Å². The molecule has 1 aliphatic rings. The van der Waals surface area contributed by atoms with Crippen LogP contribution in [0.4, 0.5) is 0 Å². The van der Waals surface area contributed by atoms with E-state index in [1.54, 1.807) is 0 Å². The highest BCUT2D eigenvalue weighted by Crippen LogP contribution is 2.43. The van der Waals surface area contributed by atoms with E-state index in [0.29, 0.717) is 18.4 Å². The highest BCUT2D eigenvalue weighted by Gasteiger charge is 2.44. The van der Waals surface area contributed by atoms with E-state index in [-0.39, 0.29) is 17.0 Å². The standard InChI is InChI=1S/C18H35NO2Si/c1-10-19-17(20)16-13(4)15(11-14(16)12(2)3)21-22(8,9)18(5,6)7/h12,14-15H,10-11H2,1-9H3,(H,19,20)/t14-,15-/m1/s1. The molecular formula is C18H35NO2Si. The van der Waals surface area contributed by atoms with E-state index >= 15 is 0 Å². The summed E-state index contributed by atoms with van der Waals surface area (Å²) in [6, 6.07) is 0. The first kappa shape index (κ1) is 19.4. The second-order valence-corrected chi connectivity index (χ2v) is 13.2. The Morgan fingerprint density at radius 1 is 1.36 bits per heavy atom. The zero-order valence-corrected chi connectivity index (χ0v) is 17.0. The minimum atomic E-state index is -1.82. The van der Waals surface area contributed by atoms with Crippen molar-refractivity contribution in [1.29, 1.82) is 0 Å². The Bertz CT molecular complexity index is 446. The largest absolute Gasteiger partial charge is 0.410 e. The van der Waals surface area contributed by atoms with Crippen molar-refractivity contribution in [2.45, 2.75) is 79.1 Å². The molecule has 0 spiro atoms. The van der Waals surface area contributed by atoms with Crippen molar-refractivity contribution >= 4 is 14.2 Å². The molecule has 0 unspecified atom stereocenters. The van der Waals surface area contributed by atoms with Gasteiger partial charge in [0.05, 0.1) is 6.10 Å². The summed E-state index contributed by atoms with van der Waals surface area (Å²) in [5, 5.41) is 3.16. The summed E-state index contributed by atoms with van der Waals surface area (Å²) in [4.78, 5) is 12.5. The molecule has 1 amide bonds. The smallest absolute Gasteiger partial charge is 0.247 e. The lowest BCUT2D eigenvalue weighted by Gasteiger charge is -2.39. The molecule has 0 radical (unpaired) electrons. The molecule has 3 nitrogen and oxygen atoms in total. The van der Waals surface area contributed by atoms with Crippen molar-refractivity contribution in [3.8, 4) is 0 Å². The van der Waals surface area contributed by atoms with E-state index in [2.05, 4.69) is 60.0 Å². The summed E-state index contributed by atoms with van der Waals surface area (Å²) in [5.74, 6) is 0.863. The fourth-order valence-electron chi connectivity index (χ4n) is 2.87. The normalized spacial score (nSPS) is 23.4. The van der Waals surface area contributed by atoms with Crippen LogP contribution < -0.4 is 5.32 Å². The lowest BCUT2D eigenvalue weighted by molar-refractivity contribution is -0.118. The molecule has 0 saturated carbocycles. The van der Waals surface area contributed by atoms with Gasteiger partial charge in [-0.3, -0.25) is 4.79 Å². The lowest BCUT2D eigenvalue weighted by atomic mass is 9.88. The highest BCUT2D eigenvalue weighted by atomic mass is 28.4. The minimum Gasteiger partial charge on any atom is -0.410 e. The Labute approximate surface area is 138 Å². The van der Waals surface area contributed by atoms with Crippen LogP contribution in [0.2, 0.25) is 18.1 Å². The van der Waals surface area contributed by atoms with Gasteiger partial charge in [0.25, 0.3) is 0 Å². The van der Waals surface area contributed by atoms with Crippen LogP contribution in [0.5, 0.6) is 0 Å². The molecule has 1 aliphatic carbocycles. The summed E-state index contributed by atoms with van der Waals surface area (Å²) >= 11 is 0. The summed E-state index contributed by atoms with van der Waals surface area (Å²) < 4.78 is 6.62. The van der Waals surface area contributed by atoms with Crippen molar-refractivity contribution < 1.29 is 9.22 Å². The Balaban J connectivity index is 3.07. The van der Waals surface area contributed by atoms with Crippen molar-refractivity contribution in [2.75, 3.05) is 6.54 Å². The number of amides is 1. The predicted octanol–water partition coefficient (Wildman–Crippen LogP) is 4.51. The van der Waals surface area contributed by atoms with Gasteiger partial charge in [0, 0.05) is 12.1 Å². The molecule has 0 saturated heterocycles. The lowest BCUT2D eigenvalue weighted by Crippen LogP contribution is -2.44. The summed E-state index contributed by atoms with van der Waals surface area (Å²) in [7, 11) is -1.82. The monoisotopic (exact) mass is 325 g/mol. The molecule has 22 heavy (non-hydrogen) atoms. The van der Waals surface area contributed by atoms with Crippen LogP contribution in [0.1, 0.15) is 54.9 Å². The Morgan fingerprint density at radius 2 is 1.91 bits per heavy atom. The van der Waals surface area contributed by atoms with Crippen LogP contribution in [-0.4, -0.2) is 26.9 Å². The maximum Gasteiger partial charge on any atom is 0.247 e. The van der Waals surface area contributed by atoms with Crippen molar-refractivity contribution in [1.82, 2.24) is 5.32 Å². The van der Waals surface area contributed by atoms with Gasteiger partial charge in [0.1, 0.15) is 0 Å². The summed E-state index contributed by atoms with van der Waals surface area (Å²) in [5.41, 5.74) is 2.12. The molecular weight excluding hydrogens is 290 g/mol. The number of rotatable bonds is 5. The van der Waals surface area contributed by atoms with Gasteiger partial charge < -0.3 is 9.74 Å². The quantitative estimate of drug-likeness (QED) is 0.756. The molecule has 0 bridgehead atoms. The van der Waals surface area contributed by atoms with Crippen molar-refractivity contribution in [3.05, 3.63) is 11.1 Å². The van der Waals surface area contributed by atoms with Gasteiger partial charge in [-0.15, -0.1) is 0 Å². The van der Waals surface area contributed by atoms with Gasteiger partial charge in [-0.1, -0.05) is 34.6 Å². The van der Waals surface area contributed by atoms with Crippen LogP contribution in [0, 0.1) is 11.8 Å². The maximum atomic E-state index is 12.5. The molecule has 1 rings (SSSR count). The summed E-state index contributed by atoms with van der Waals surface area (Å²) in [6.45, 7) is 20.5. The number of carbonyl (C=O) groups is 1. The topological polar surface area (TPSA) is 38.3 Å². The fourth-order valence-corrected chi connectivity index (χ4v) is 4.21. The van der Waals surface area contributed by atoms with E-state index in [0.717, 1.165) is 17.6 Å². The van der Waals surface area contributed by atoms with E-state index in [1.807, 2.05) is 6.92 Å². The van der Waals surface area contributed by atoms with Gasteiger partial charge in [0.15, 0.2) is 8.32 Å². The zero-order valence-electron chi connectivity index (χ0n) is 16.0. The molecule has 128 valence electrons. The van der Waals surface area contributed by atoms with Gasteiger partial charge in [0.2, 0.25) is 5.91 Å². The average molecular weight is 326 g/mol. The third kappa shape index (κ3) is 4.02. The molecule has 2 atom stereocenters. The first-order valence-corrected chi connectivity index (χ1v) is 11.5. The predicted molar refractivity (Wildman–Crippen MR) is 96.4 cm³/mol. The number of hydrogen-bond acceptors (Lipinski definition) is 2. The summed E-state index contributed by atoms with van der Waals surface area (Å²) in [6.07, 6.45) is 1.05. The first-order valence-electron chi connectivity index (χ1n) is 8.59. The third-order valence-electron chi connectivity index (χ3n) is 5.38. The van der Waals surface area contributed by atoms with Crippen molar-refractivity contribution in [3.63, 3.8) is 0 Å². The second-order valence-electron chi connectivity index (χ2n) is 8.41. The highest BCUT2D eigenvalue weighted by molar-refractivity contribution is 6.74. The molecule has 0 aliphatic heterocycles. The molecule has 0 aromatic carbocycles. The average Bonchev–Trinajstić information content (AvgIpc) is 2.65. The zero-order chi connectivity index (χ0) is 17.3. The minimum absolute atomic E-state index is 0.0973. The molecule has 0 aromatic heterocycles. The Kier molecular flexibility index (Phi) is 6.07. The molecule has 0 fully saturated rings. The van der Waals surface area contributed by atoms with Crippen LogP contribution in [-0.2, 0) is 9.22 Å². The molecule has 4 heteroatoms. The van der Waals surface area contributed by atoms with E-state index in [9.17, 15) is 4.79 Å². The van der Waals surface area contributed by atoms with E-state index in [1.165, 1.54) is 0 Å². The van der Waals surface area contributed by atoms with Crippen LogP contribution in [0.25, 0.3) is 0 Å². The van der Waals surface area contributed by atoms with E-state index in [4.69, 9.17) is 4.43 Å². The van der Waals surface area contributed by atoms with Gasteiger partial charge in [-0.05, 0) is 55.8 Å². The maximum absolute atomic E-state index is 12.5. The van der Waals surface area contributed by atoms with E-state index < -0.39 is 8.32 Å². The Morgan fingerprint density at radius 3 is 2.32 bits per heavy atom. The SMILES string of the molecule is CCNC(=O)C1=C(C)[C@H](O[Si](C)(C)C(C)(C)C)C[C@@H]1C(C)C. The second kappa shape index (κ2) is 6.87.